The van der Waals surface area contributed by atoms with Crippen molar-refractivity contribution in [2.24, 2.45) is 0 Å². The van der Waals surface area contributed by atoms with Crippen molar-refractivity contribution in [3.05, 3.63) is 35.4 Å². The molecule has 2 fully saturated rings. The third-order valence-corrected chi connectivity index (χ3v) is 4.77. The molecule has 1 saturated heterocycles. The summed E-state index contributed by atoms with van der Waals surface area (Å²) in [6, 6.07) is 9.59. The molecule has 1 aromatic rings. The van der Waals surface area contributed by atoms with Gasteiger partial charge >= 0.3 is 0 Å². The molecule has 2 aliphatic rings. The Morgan fingerprint density at radius 2 is 1.84 bits per heavy atom. The van der Waals surface area contributed by atoms with Crippen LogP contribution in [0, 0.1) is 0 Å². The molecule has 1 aliphatic heterocycles. The van der Waals surface area contributed by atoms with E-state index >= 15 is 0 Å². The van der Waals surface area contributed by atoms with E-state index in [2.05, 4.69) is 29.6 Å². The first kappa shape index (κ1) is 13.1. The van der Waals surface area contributed by atoms with E-state index in [9.17, 15) is 0 Å². The van der Waals surface area contributed by atoms with Crippen molar-refractivity contribution in [3.63, 3.8) is 0 Å². The molecular weight excluding hydrogens is 234 g/mol. The maximum atomic E-state index is 5.93. The van der Waals surface area contributed by atoms with Gasteiger partial charge in [0.2, 0.25) is 0 Å². The topological polar surface area (TPSA) is 21.3 Å². The SMILES string of the molecule is CNC(c1ccc(C2CCC2)cc1)C1CCCCO1. The van der Waals surface area contributed by atoms with Crippen LogP contribution in [0.15, 0.2) is 24.3 Å². The standard InChI is InChI=1S/C17H25NO/c1-18-17(16-7-2-3-12-19-16)15-10-8-14(9-11-15)13-5-4-6-13/h8-11,13,16-18H,2-7,12H2,1H3. The molecule has 2 heteroatoms. The van der Waals surface area contributed by atoms with Gasteiger partial charge in [-0.05, 0) is 56.2 Å². The number of rotatable bonds is 4. The molecule has 0 aromatic heterocycles. The van der Waals surface area contributed by atoms with Crippen LogP contribution in [0.1, 0.15) is 61.6 Å². The normalized spacial score (nSPS) is 25.8. The molecule has 2 atom stereocenters. The zero-order chi connectivity index (χ0) is 13.1. The summed E-state index contributed by atoms with van der Waals surface area (Å²) in [5.41, 5.74) is 2.90. The fourth-order valence-electron chi connectivity index (χ4n) is 3.31. The van der Waals surface area contributed by atoms with Crippen LogP contribution in [0.4, 0.5) is 0 Å². The molecule has 0 amide bonds. The van der Waals surface area contributed by atoms with Crippen LogP contribution in [0.25, 0.3) is 0 Å². The van der Waals surface area contributed by atoms with Gasteiger partial charge in [-0.1, -0.05) is 30.7 Å². The van der Waals surface area contributed by atoms with Crippen LogP contribution >= 0.6 is 0 Å². The Labute approximate surface area is 116 Å². The minimum Gasteiger partial charge on any atom is -0.376 e. The van der Waals surface area contributed by atoms with E-state index in [1.54, 1.807) is 0 Å². The Morgan fingerprint density at radius 1 is 1.05 bits per heavy atom. The first-order valence-electron chi connectivity index (χ1n) is 7.77. The van der Waals surface area contributed by atoms with E-state index < -0.39 is 0 Å². The van der Waals surface area contributed by atoms with Crippen molar-refractivity contribution in [1.82, 2.24) is 5.32 Å². The third kappa shape index (κ3) is 2.85. The van der Waals surface area contributed by atoms with Crippen LogP contribution in [-0.2, 0) is 4.74 Å². The quantitative estimate of drug-likeness (QED) is 0.888. The highest BCUT2D eigenvalue weighted by Gasteiger charge is 2.25. The summed E-state index contributed by atoms with van der Waals surface area (Å²) in [5, 5.41) is 3.44. The highest BCUT2D eigenvalue weighted by molar-refractivity contribution is 5.29. The molecular formula is C17H25NO. The van der Waals surface area contributed by atoms with Crippen LogP contribution in [0.2, 0.25) is 0 Å². The average molecular weight is 259 g/mol. The molecule has 1 N–H and O–H groups in total. The molecule has 0 radical (unpaired) electrons. The molecule has 1 aliphatic carbocycles. The molecule has 2 unspecified atom stereocenters. The second kappa shape index (κ2) is 6.06. The lowest BCUT2D eigenvalue weighted by atomic mass is 9.79. The first-order valence-corrected chi connectivity index (χ1v) is 7.77. The van der Waals surface area contributed by atoms with E-state index in [1.165, 1.54) is 49.7 Å². The minimum absolute atomic E-state index is 0.341. The minimum atomic E-state index is 0.341. The van der Waals surface area contributed by atoms with E-state index in [0.29, 0.717) is 12.1 Å². The third-order valence-electron chi connectivity index (χ3n) is 4.77. The number of ether oxygens (including phenoxy) is 1. The zero-order valence-corrected chi connectivity index (χ0v) is 11.9. The van der Waals surface area contributed by atoms with Crippen LogP contribution < -0.4 is 5.32 Å². The second-order valence-corrected chi connectivity index (χ2v) is 5.97. The number of likely N-dealkylation sites (N-methyl/N-ethyl adjacent to an activating group) is 1. The van der Waals surface area contributed by atoms with Gasteiger partial charge < -0.3 is 10.1 Å². The smallest absolute Gasteiger partial charge is 0.0769 e. The van der Waals surface area contributed by atoms with Gasteiger partial charge in [0.15, 0.2) is 0 Å². The van der Waals surface area contributed by atoms with E-state index in [0.717, 1.165) is 12.5 Å². The predicted molar refractivity (Wildman–Crippen MR) is 78.4 cm³/mol. The van der Waals surface area contributed by atoms with Crippen molar-refractivity contribution < 1.29 is 4.74 Å². The molecule has 1 heterocycles. The molecule has 1 aromatic carbocycles. The Hall–Kier alpha value is -0.860. The summed E-state index contributed by atoms with van der Waals surface area (Å²) in [5.74, 6) is 0.827. The van der Waals surface area contributed by atoms with Crippen molar-refractivity contribution >= 4 is 0 Å². The van der Waals surface area contributed by atoms with Crippen molar-refractivity contribution in [2.75, 3.05) is 13.7 Å². The number of hydrogen-bond acceptors (Lipinski definition) is 2. The van der Waals surface area contributed by atoms with E-state index in [-0.39, 0.29) is 0 Å². The maximum Gasteiger partial charge on any atom is 0.0769 e. The van der Waals surface area contributed by atoms with Gasteiger partial charge in [-0.15, -0.1) is 0 Å². The Bertz CT molecular complexity index is 390. The average Bonchev–Trinajstić information content (AvgIpc) is 2.41. The fourth-order valence-corrected chi connectivity index (χ4v) is 3.31. The fraction of sp³-hybridized carbons (Fsp3) is 0.647. The highest BCUT2D eigenvalue weighted by Crippen LogP contribution is 2.37. The van der Waals surface area contributed by atoms with Gasteiger partial charge in [-0.3, -0.25) is 0 Å². The molecule has 19 heavy (non-hydrogen) atoms. The Balaban J connectivity index is 1.71. The lowest BCUT2D eigenvalue weighted by Gasteiger charge is -2.31. The molecule has 1 saturated carbocycles. The predicted octanol–water partition coefficient (Wildman–Crippen LogP) is 3.78. The molecule has 3 rings (SSSR count). The highest BCUT2D eigenvalue weighted by atomic mass is 16.5. The Morgan fingerprint density at radius 3 is 2.37 bits per heavy atom. The molecule has 0 spiro atoms. The summed E-state index contributed by atoms with van der Waals surface area (Å²) in [6.07, 6.45) is 8.18. The zero-order valence-electron chi connectivity index (χ0n) is 11.9. The van der Waals surface area contributed by atoms with Crippen LogP contribution in [0.5, 0.6) is 0 Å². The number of hydrogen-bond donors (Lipinski definition) is 1. The molecule has 2 nitrogen and oxygen atoms in total. The summed E-state index contributed by atoms with van der Waals surface area (Å²) < 4.78 is 5.93. The summed E-state index contributed by atoms with van der Waals surface area (Å²) in [7, 11) is 2.04. The number of benzene rings is 1. The number of nitrogens with one attached hydrogen (secondary N) is 1. The van der Waals surface area contributed by atoms with Gasteiger partial charge in [0.1, 0.15) is 0 Å². The van der Waals surface area contributed by atoms with Gasteiger partial charge in [-0.25, -0.2) is 0 Å². The summed E-state index contributed by atoms with van der Waals surface area (Å²) >= 11 is 0. The van der Waals surface area contributed by atoms with Gasteiger partial charge in [0, 0.05) is 6.61 Å². The van der Waals surface area contributed by atoms with E-state index in [4.69, 9.17) is 4.74 Å². The monoisotopic (exact) mass is 259 g/mol. The van der Waals surface area contributed by atoms with Gasteiger partial charge in [0.25, 0.3) is 0 Å². The van der Waals surface area contributed by atoms with Gasteiger partial charge in [-0.2, -0.15) is 0 Å². The molecule has 104 valence electrons. The molecule has 0 bridgehead atoms. The largest absolute Gasteiger partial charge is 0.376 e. The van der Waals surface area contributed by atoms with Crippen LogP contribution in [-0.4, -0.2) is 19.8 Å². The van der Waals surface area contributed by atoms with Crippen LogP contribution in [0.3, 0.4) is 0 Å². The van der Waals surface area contributed by atoms with E-state index in [1.807, 2.05) is 7.05 Å². The maximum absolute atomic E-state index is 5.93. The van der Waals surface area contributed by atoms with Crippen molar-refractivity contribution in [3.8, 4) is 0 Å². The van der Waals surface area contributed by atoms with Crippen molar-refractivity contribution in [2.45, 2.75) is 56.6 Å². The van der Waals surface area contributed by atoms with Gasteiger partial charge in [0.05, 0.1) is 12.1 Å². The van der Waals surface area contributed by atoms with Crippen molar-refractivity contribution in [1.29, 1.82) is 0 Å². The summed E-state index contributed by atoms with van der Waals surface area (Å²) in [6.45, 7) is 0.920. The Kier molecular flexibility index (Phi) is 4.19. The summed E-state index contributed by atoms with van der Waals surface area (Å²) in [4.78, 5) is 0. The second-order valence-electron chi connectivity index (χ2n) is 5.97. The lowest BCUT2D eigenvalue weighted by Crippen LogP contribution is -2.34. The first-order chi connectivity index (χ1) is 9.38. The lowest BCUT2D eigenvalue weighted by molar-refractivity contribution is -0.00662.